The minimum Gasteiger partial charge on any atom is -0.396 e. The molecular formula is C17H21N3O4. The van der Waals surface area contributed by atoms with E-state index in [1.165, 1.54) is 6.07 Å². The maximum Gasteiger partial charge on any atom is 0.314 e. The topological polar surface area (TPSA) is 104 Å². The quantitative estimate of drug-likeness (QED) is 0.668. The zero-order valence-electron chi connectivity index (χ0n) is 13.5. The Morgan fingerprint density at radius 3 is 2.58 bits per heavy atom. The number of anilines is 1. The summed E-state index contributed by atoms with van der Waals surface area (Å²) in [6, 6.07) is 11.3. The average Bonchev–Trinajstić information content (AvgIpc) is 2.99. The molecule has 1 heterocycles. The zero-order chi connectivity index (χ0) is 17.4. The second kappa shape index (κ2) is 8.83. The molecule has 2 amide bonds. The first-order chi connectivity index (χ1) is 11.6. The van der Waals surface area contributed by atoms with E-state index in [0.29, 0.717) is 25.1 Å². The summed E-state index contributed by atoms with van der Waals surface area (Å²) in [5.74, 6) is -0.651. The molecule has 128 valence electrons. The Balaban J connectivity index is 1.80. The van der Waals surface area contributed by atoms with Crippen molar-refractivity contribution >= 4 is 17.6 Å². The Hall–Kier alpha value is -2.67. The van der Waals surface area contributed by atoms with Crippen molar-refractivity contribution in [1.29, 1.82) is 0 Å². The molecule has 0 aliphatic heterocycles. The van der Waals surface area contributed by atoms with Crippen LogP contribution in [0, 0.1) is 6.92 Å². The van der Waals surface area contributed by atoms with E-state index in [4.69, 9.17) is 4.52 Å². The van der Waals surface area contributed by atoms with E-state index in [9.17, 15) is 14.7 Å². The molecule has 7 nitrogen and oxygen atoms in total. The van der Waals surface area contributed by atoms with E-state index in [0.717, 1.165) is 5.56 Å². The Labute approximate surface area is 140 Å². The van der Waals surface area contributed by atoms with Gasteiger partial charge in [0, 0.05) is 19.2 Å². The van der Waals surface area contributed by atoms with E-state index in [-0.39, 0.29) is 18.3 Å². The van der Waals surface area contributed by atoms with Crippen LogP contribution < -0.4 is 10.6 Å². The average molecular weight is 331 g/mol. The molecule has 7 heteroatoms. The monoisotopic (exact) mass is 331 g/mol. The summed E-state index contributed by atoms with van der Waals surface area (Å²) in [7, 11) is 0. The van der Waals surface area contributed by atoms with Crippen molar-refractivity contribution in [1.82, 2.24) is 10.5 Å². The van der Waals surface area contributed by atoms with Crippen LogP contribution in [0.4, 0.5) is 5.82 Å². The van der Waals surface area contributed by atoms with Crippen LogP contribution in [0.3, 0.4) is 0 Å². The summed E-state index contributed by atoms with van der Waals surface area (Å²) in [5, 5.41) is 17.7. The van der Waals surface area contributed by atoms with Gasteiger partial charge >= 0.3 is 11.8 Å². The van der Waals surface area contributed by atoms with Gasteiger partial charge in [-0.3, -0.25) is 14.9 Å². The van der Waals surface area contributed by atoms with Crippen molar-refractivity contribution in [3.05, 3.63) is 47.7 Å². The van der Waals surface area contributed by atoms with Crippen LogP contribution >= 0.6 is 0 Å². The summed E-state index contributed by atoms with van der Waals surface area (Å²) < 4.78 is 4.81. The molecule has 0 aliphatic rings. The summed E-state index contributed by atoms with van der Waals surface area (Å²) in [4.78, 5) is 23.5. The van der Waals surface area contributed by atoms with Gasteiger partial charge in [-0.05, 0) is 31.2 Å². The lowest BCUT2D eigenvalue weighted by Crippen LogP contribution is -2.36. The van der Waals surface area contributed by atoms with Gasteiger partial charge in [-0.15, -0.1) is 0 Å². The van der Waals surface area contributed by atoms with Crippen LogP contribution in [0.2, 0.25) is 0 Å². The van der Waals surface area contributed by atoms with Crippen LogP contribution in [-0.2, 0) is 9.59 Å². The second-order valence-corrected chi connectivity index (χ2v) is 5.44. The number of benzene rings is 1. The number of nitrogens with zero attached hydrogens (tertiary/aromatic N) is 1. The normalized spacial score (nSPS) is 11.8. The molecule has 3 N–H and O–H groups in total. The number of aliphatic hydroxyl groups is 1. The molecule has 0 saturated heterocycles. The lowest BCUT2D eigenvalue weighted by molar-refractivity contribution is -0.136. The summed E-state index contributed by atoms with van der Waals surface area (Å²) >= 11 is 0. The number of aliphatic hydroxyl groups excluding tert-OH is 1. The maximum atomic E-state index is 11.8. The number of aryl methyl sites for hydroxylation is 1. The fraction of sp³-hybridized carbons (Fsp3) is 0.353. The predicted molar refractivity (Wildman–Crippen MR) is 88.4 cm³/mol. The summed E-state index contributed by atoms with van der Waals surface area (Å²) in [5.41, 5.74) is 1.10. The Morgan fingerprint density at radius 1 is 1.21 bits per heavy atom. The highest BCUT2D eigenvalue weighted by molar-refractivity contribution is 6.39. The number of hydrogen-bond acceptors (Lipinski definition) is 5. The minimum atomic E-state index is -0.790. The number of aromatic nitrogens is 1. The third-order valence-corrected chi connectivity index (χ3v) is 3.60. The number of carbonyl (C=O) groups is 2. The van der Waals surface area contributed by atoms with Gasteiger partial charge in [-0.1, -0.05) is 35.5 Å². The predicted octanol–water partition coefficient (Wildman–Crippen LogP) is 1.59. The third kappa shape index (κ3) is 5.20. The smallest absolute Gasteiger partial charge is 0.314 e. The Morgan fingerprint density at radius 2 is 1.96 bits per heavy atom. The number of rotatable bonds is 7. The van der Waals surface area contributed by atoms with Crippen LogP contribution in [-0.4, -0.2) is 35.2 Å². The van der Waals surface area contributed by atoms with Gasteiger partial charge < -0.3 is 14.9 Å². The summed E-state index contributed by atoms with van der Waals surface area (Å²) in [6.45, 7) is 2.09. The largest absolute Gasteiger partial charge is 0.396 e. The molecule has 2 rings (SSSR count). The van der Waals surface area contributed by atoms with Crippen LogP contribution in [0.15, 0.2) is 40.9 Å². The van der Waals surface area contributed by atoms with Gasteiger partial charge in [0.05, 0.1) is 0 Å². The highest BCUT2D eigenvalue weighted by Crippen LogP contribution is 2.22. The van der Waals surface area contributed by atoms with Crippen molar-refractivity contribution in [3.8, 4) is 0 Å². The number of amides is 2. The molecule has 2 aromatic rings. The lowest BCUT2D eigenvalue weighted by atomic mass is 9.93. The number of nitrogens with one attached hydrogen (secondary N) is 2. The second-order valence-electron chi connectivity index (χ2n) is 5.44. The van der Waals surface area contributed by atoms with Crippen molar-refractivity contribution in [3.63, 3.8) is 0 Å². The highest BCUT2D eigenvalue weighted by atomic mass is 16.5. The van der Waals surface area contributed by atoms with Gasteiger partial charge in [0.2, 0.25) is 0 Å². The van der Waals surface area contributed by atoms with Gasteiger partial charge in [0.15, 0.2) is 5.82 Å². The van der Waals surface area contributed by atoms with Crippen LogP contribution in [0.1, 0.15) is 30.1 Å². The fourth-order valence-electron chi connectivity index (χ4n) is 2.40. The van der Waals surface area contributed by atoms with Crippen molar-refractivity contribution in [2.75, 3.05) is 18.5 Å². The molecule has 0 radical (unpaired) electrons. The molecule has 1 aromatic heterocycles. The molecule has 0 aliphatic carbocycles. The van der Waals surface area contributed by atoms with E-state index < -0.39 is 11.8 Å². The first kappa shape index (κ1) is 17.7. The molecule has 0 fully saturated rings. The molecule has 0 spiro atoms. The van der Waals surface area contributed by atoms with Crippen molar-refractivity contribution in [2.45, 2.75) is 25.7 Å². The van der Waals surface area contributed by atoms with E-state index >= 15 is 0 Å². The Kier molecular flexibility index (Phi) is 6.51. The first-order valence-corrected chi connectivity index (χ1v) is 7.78. The molecule has 0 bridgehead atoms. The highest BCUT2D eigenvalue weighted by Gasteiger charge is 2.16. The van der Waals surface area contributed by atoms with Gasteiger partial charge in [0.1, 0.15) is 5.76 Å². The minimum absolute atomic E-state index is 0.0690. The maximum absolute atomic E-state index is 11.8. The van der Waals surface area contributed by atoms with Gasteiger partial charge in [-0.25, -0.2) is 0 Å². The standard InChI is InChI=1S/C17H21N3O4/c1-12-11-15(20-24-12)19-17(23)16(22)18-9-7-14(8-10-21)13-5-3-2-4-6-13/h2-6,11,14,21H,7-10H2,1H3,(H,18,22)(H,19,20,23). The molecule has 24 heavy (non-hydrogen) atoms. The molecule has 0 saturated carbocycles. The van der Waals surface area contributed by atoms with Gasteiger partial charge in [0.25, 0.3) is 0 Å². The van der Waals surface area contributed by atoms with E-state index in [2.05, 4.69) is 15.8 Å². The van der Waals surface area contributed by atoms with E-state index in [1.807, 2.05) is 30.3 Å². The van der Waals surface area contributed by atoms with Crippen molar-refractivity contribution < 1.29 is 19.2 Å². The molecule has 1 aromatic carbocycles. The van der Waals surface area contributed by atoms with Crippen molar-refractivity contribution in [2.24, 2.45) is 0 Å². The molecule has 1 atom stereocenters. The van der Waals surface area contributed by atoms with Crippen LogP contribution in [0.25, 0.3) is 0 Å². The number of carbonyl (C=O) groups excluding carboxylic acids is 2. The third-order valence-electron chi connectivity index (χ3n) is 3.60. The summed E-state index contributed by atoms with van der Waals surface area (Å²) in [6.07, 6.45) is 1.23. The zero-order valence-corrected chi connectivity index (χ0v) is 13.5. The molecule has 1 unspecified atom stereocenters. The van der Waals surface area contributed by atoms with Crippen LogP contribution in [0.5, 0.6) is 0 Å². The van der Waals surface area contributed by atoms with Gasteiger partial charge in [-0.2, -0.15) is 0 Å². The lowest BCUT2D eigenvalue weighted by Gasteiger charge is -2.16. The SMILES string of the molecule is Cc1cc(NC(=O)C(=O)NCCC(CCO)c2ccccc2)no1. The molecular weight excluding hydrogens is 310 g/mol. The van der Waals surface area contributed by atoms with E-state index in [1.54, 1.807) is 6.92 Å². The number of hydrogen-bond donors (Lipinski definition) is 3. The first-order valence-electron chi connectivity index (χ1n) is 7.78. The fourth-order valence-corrected chi connectivity index (χ4v) is 2.40. The Bertz CT molecular complexity index is 669.